The minimum Gasteiger partial charge on any atom is -0.872 e. The molecule has 4 aliphatic heterocycles. The van der Waals surface area contributed by atoms with Gasteiger partial charge in [0.15, 0.2) is 5.78 Å². The summed E-state index contributed by atoms with van der Waals surface area (Å²) in [6.07, 6.45) is 9.68. The summed E-state index contributed by atoms with van der Waals surface area (Å²) in [6, 6.07) is 9.98. The van der Waals surface area contributed by atoms with E-state index in [-0.39, 0.29) is 63.5 Å². The molecule has 0 spiro atoms. The van der Waals surface area contributed by atoms with E-state index in [0.717, 1.165) is 12.1 Å². The number of nitrogens with one attached hydrogen (secondary N) is 1. The van der Waals surface area contributed by atoms with Crippen LogP contribution in [0, 0.1) is 30.6 Å². The molecule has 1 aliphatic carbocycles. The van der Waals surface area contributed by atoms with Crippen LogP contribution < -0.4 is 44.7 Å². The molecule has 348 valence electrons. The van der Waals surface area contributed by atoms with E-state index in [1.54, 1.807) is 37.1 Å². The summed E-state index contributed by atoms with van der Waals surface area (Å²) in [4.78, 5) is 59.9. The summed E-state index contributed by atoms with van der Waals surface area (Å²) in [6.45, 7) is 14.5. The third-order valence-electron chi connectivity index (χ3n) is 13.1. The summed E-state index contributed by atoms with van der Waals surface area (Å²) >= 11 is 0. The second-order valence-electron chi connectivity index (χ2n) is 17.5. The number of hydrogen-bond acceptors (Lipinski definition) is 14. The number of methoxy groups -OCH3 is 2. The van der Waals surface area contributed by atoms with Crippen molar-refractivity contribution in [3.8, 4) is 11.5 Å². The maximum atomic E-state index is 14.8. The second-order valence-corrected chi connectivity index (χ2v) is 17.5. The summed E-state index contributed by atoms with van der Waals surface area (Å²) in [5, 5.41) is 45.9. The van der Waals surface area contributed by atoms with E-state index < -0.39 is 93.8 Å². The van der Waals surface area contributed by atoms with Crippen molar-refractivity contribution >= 4 is 35.5 Å². The summed E-state index contributed by atoms with van der Waals surface area (Å²) in [5.74, 6) is -8.46. The number of Topliss-reactive ketones (excluding diaryl/α,β-unsaturated/α-hetero) is 3. The second kappa shape index (κ2) is 22.4. The zero-order chi connectivity index (χ0) is 47.3. The van der Waals surface area contributed by atoms with Gasteiger partial charge in [-0.3, -0.25) is 29.1 Å². The van der Waals surface area contributed by atoms with Gasteiger partial charge in [0.05, 0.1) is 48.0 Å². The number of carbonyl (C=O) groups is 4. The molecule has 0 unspecified atom stereocenters. The van der Waals surface area contributed by atoms with Gasteiger partial charge < -0.3 is 39.6 Å². The molecule has 2 aromatic rings. The number of piperazine rings is 1. The zero-order valence-electron chi connectivity index (χ0n) is 39.6. The smallest absolute Gasteiger partial charge is 0.872 e. The van der Waals surface area contributed by atoms with Gasteiger partial charge in [0, 0.05) is 94.2 Å². The molecule has 3 N–H and O–H groups in total. The molecular formula is C50H61N4NaO11. The average molecular weight is 917 g/mol. The van der Waals surface area contributed by atoms with E-state index in [1.165, 1.54) is 53.5 Å². The van der Waals surface area contributed by atoms with Crippen LogP contribution in [0.2, 0.25) is 0 Å². The molecule has 0 radical (unpaired) electrons. The zero-order valence-corrected chi connectivity index (χ0v) is 41.6. The molecule has 2 aromatic carbocycles. The normalized spacial score (nSPS) is 31.0. The van der Waals surface area contributed by atoms with Gasteiger partial charge in [0.1, 0.15) is 11.4 Å². The molecule has 66 heavy (non-hydrogen) atoms. The standard InChI is InChI=1S/C50H62N4O11.Na/c1-28-15-13-16-29(2)49(61)52-40-35(27-51-54-24-22-53(23-25-54)21-14-19-34-17-11-10-12-18-34)44(58)37-38(45(40)59)43(57)33(6)47-39(37)48(60)50(7,65-47)64-26-20-36(62-8)30(3)46(63-9)32(5)42(56)31(4)41(28)55;/h10-20,26-28,30-32,36,41-42,46,55-57H,21-25H2,1-9H3,(H,52,61);/q;+1/p-1/b15-13+,19-14+,26-20+,29-16-,51-27+;/t28-,30+,31+,32-,36-,41-,42+,46+,50-;/m0./s1. The number of hydrazone groups is 1. The number of ether oxygens (including phenoxy) is 4. The van der Waals surface area contributed by atoms with Gasteiger partial charge in [-0.15, -0.1) is 0 Å². The molecule has 16 heteroatoms. The Balaban J connectivity index is 0.00000817. The summed E-state index contributed by atoms with van der Waals surface area (Å²) in [5.41, 5.74) is -0.975. The number of rotatable bonds is 7. The Kier molecular flexibility index (Phi) is 17.7. The minimum atomic E-state index is -2.08. The minimum absolute atomic E-state index is 0. The van der Waals surface area contributed by atoms with Gasteiger partial charge in [0.25, 0.3) is 11.7 Å². The van der Waals surface area contributed by atoms with Gasteiger partial charge >= 0.3 is 35.3 Å². The van der Waals surface area contributed by atoms with Crippen molar-refractivity contribution < 1.29 is 83.0 Å². The van der Waals surface area contributed by atoms with Crippen LogP contribution >= 0.6 is 0 Å². The number of amides is 1. The molecule has 15 nitrogen and oxygen atoms in total. The molecule has 0 aromatic heterocycles. The number of fused-ring (bicyclic) bond motifs is 14. The van der Waals surface area contributed by atoms with Crippen LogP contribution in [0.4, 0.5) is 0 Å². The van der Waals surface area contributed by atoms with Crippen LogP contribution in [0.1, 0.15) is 83.7 Å². The summed E-state index contributed by atoms with van der Waals surface area (Å²) < 4.78 is 23.8. The molecule has 9 atom stereocenters. The third kappa shape index (κ3) is 10.8. The number of hydrogen-bond donors (Lipinski definition) is 3. The van der Waals surface area contributed by atoms with E-state index in [1.807, 2.05) is 44.2 Å². The quantitative estimate of drug-likeness (QED) is 0.269. The van der Waals surface area contributed by atoms with Crippen molar-refractivity contribution in [3.05, 3.63) is 112 Å². The number of ketones is 3. The first-order valence-electron chi connectivity index (χ1n) is 22.0. The molecule has 1 fully saturated rings. The molecule has 4 heterocycles. The van der Waals surface area contributed by atoms with Crippen LogP contribution in [0.15, 0.2) is 88.9 Å². The Morgan fingerprint density at radius 1 is 0.894 bits per heavy atom. The van der Waals surface area contributed by atoms with Crippen LogP contribution in [-0.4, -0.2) is 127 Å². The van der Waals surface area contributed by atoms with Gasteiger partial charge in [-0.2, -0.15) is 5.10 Å². The first-order valence-corrected chi connectivity index (χ1v) is 22.0. The number of aliphatic hydroxyl groups is 2. The van der Waals surface area contributed by atoms with Crippen LogP contribution in [0.25, 0.3) is 6.08 Å². The van der Waals surface area contributed by atoms with Crippen LogP contribution in [0.5, 0.6) is 11.5 Å². The fourth-order valence-electron chi connectivity index (χ4n) is 8.92. The maximum absolute atomic E-state index is 14.8. The van der Waals surface area contributed by atoms with E-state index in [9.17, 15) is 34.5 Å². The number of nitrogens with zero attached hydrogens (tertiary/aromatic N) is 3. The van der Waals surface area contributed by atoms with Crippen molar-refractivity contribution in [2.24, 2.45) is 28.8 Å². The van der Waals surface area contributed by atoms with Crippen molar-refractivity contribution in [1.29, 1.82) is 0 Å². The molecule has 5 aliphatic rings. The fourth-order valence-corrected chi connectivity index (χ4v) is 8.92. The molecular weight excluding hydrogens is 856 g/mol. The van der Waals surface area contributed by atoms with Crippen molar-refractivity contribution in [2.45, 2.75) is 78.7 Å². The number of benzene rings is 2. The van der Waals surface area contributed by atoms with Gasteiger partial charge in [0.2, 0.25) is 5.78 Å². The number of aliphatic hydroxyl groups excluding tert-OH is 2. The predicted octanol–water partition coefficient (Wildman–Crippen LogP) is 1.77. The summed E-state index contributed by atoms with van der Waals surface area (Å²) in [7, 11) is 3.01. The first-order chi connectivity index (χ1) is 30.9. The molecule has 1 amide bonds. The fraction of sp³-hybridized carbons (Fsp3) is 0.460. The van der Waals surface area contributed by atoms with Crippen LogP contribution in [0.3, 0.4) is 0 Å². The topological polar surface area (TPSA) is 200 Å². The molecule has 1 saturated heterocycles. The van der Waals surface area contributed by atoms with E-state index in [4.69, 9.17) is 18.9 Å². The van der Waals surface area contributed by atoms with Crippen molar-refractivity contribution in [1.82, 2.24) is 15.2 Å². The van der Waals surface area contributed by atoms with Crippen LogP contribution in [-0.2, 0) is 19.0 Å². The Morgan fingerprint density at radius 2 is 1.58 bits per heavy atom. The van der Waals surface area contributed by atoms with Gasteiger partial charge in [-0.05, 0) is 31.1 Å². The third-order valence-corrected chi connectivity index (χ3v) is 13.1. The number of allylic oxidation sites excluding steroid dienone is 4. The van der Waals surface area contributed by atoms with E-state index in [2.05, 4.69) is 27.5 Å². The van der Waals surface area contributed by atoms with Crippen molar-refractivity contribution in [3.63, 3.8) is 0 Å². The Labute approximate surface area is 409 Å². The number of carbonyl (C=O) groups excluding carboxylic acids is 4. The Hall–Kier alpha value is -4.71. The molecule has 0 saturated carbocycles. The molecule has 5 bridgehead atoms. The Morgan fingerprint density at radius 3 is 2.23 bits per heavy atom. The van der Waals surface area contributed by atoms with E-state index in [0.29, 0.717) is 26.2 Å². The predicted molar refractivity (Wildman–Crippen MR) is 243 cm³/mol. The van der Waals surface area contributed by atoms with Gasteiger partial charge in [-0.1, -0.05) is 94.2 Å². The molecule has 7 rings (SSSR count). The first kappa shape index (κ1) is 52.3. The van der Waals surface area contributed by atoms with E-state index >= 15 is 0 Å². The average Bonchev–Trinajstić information content (AvgIpc) is 3.56. The monoisotopic (exact) mass is 916 g/mol. The van der Waals surface area contributed by atoms with Gasteiger partial charge in [-0.25, -0.2) is 0 Å². The Bertz CT molecular complexity index is 2330. The largest absolute Gasteiger partial charge is 1.00 e. The van der Waals surface area contributed by atoms with Crippen molar-refractivity contribution in [2.75, 3.05) is 46.9 Å². The SMILES string of the molecule is CO[C@H]1[C@@H](C)[C@H](O)[C@H](C)[C@@H](O)[C@@H](C)/C=C/C=C(/C)C(=O)NC2=C(/C=N/N3CCN(C/C=C/c4ccccc4)CC3)C(=O)c3c(c([O-])c(C)c4c3C(=O)[C@@](C)(O/C=C/[C@H](OC)[C@H]1C)O4)C2=O.[Na+]. The maximum Gasteiger partial charge on any atom is 1.00 e.